The molecule has 1 aromatic heterocycles. The Labute approximate surface area is 130 Å². The van der Waals surface area contributed by atoms with E-state index in [0.717, 1.165) is 0 Å². The number of rotatable bonds is 4. The summed E-state index contributed by atoms with van der Waals surface area (Å²) < 4.78 is 27.4. The van der Waals surface area contributed by atoms with Crippen LogP contribution in [-0.2, 0) is 15.9 Å². The Balaban J connectivity index is 2.17. The number of nitriles is 1. The van der Waals surface area contributed by atoms with Gasteiger partial charge in [0.15, 0.2) is 0 Å². The van der Waals surface area contributed by atoms with Crippen molar-refractivity contribution in [1.29, 1.82) is 5.26 Å². The third-order valence-corrected chi connectivity index (χ3v) is 4.21. The Morgan fingerprint density at radius 2 is 2.00 bits per heavy atom. The van der Waals surface area contributed by atoms with Crippen LogP contribution in [0.4, 0.5) is 4.39 Å². The van der Waals surface area contributed by atoms with Crippen LogP contribution in [0.2, 0.25) is 0 Å². The van der Waals surface area contributed by atoms with E-state index in [-0.39, 0.29) is 0 Å². The molecule has 0 aliphatic carbocycles. The number of nitrogens with zero attached hydrogens (tertiary/aromatic N) is 3. The van der Waals surface area contributed by atoms with Gasteiger partial charge in [0.05, 0.1) is 35.9 Å². The highest BCUT2D eigenvalue weighted by Crippen LogP contribution is 2.39. The Hall–Kier alpha value is -1.65. The highest BCUT2D eigenvalue weighted by molar-refractivity contribution is 6.54. The topological polar surface area (TPSA) is 60.1 Å². The summed E-state index contributed by atoms with van der Waals surface area (Å²) in [6, 6.07) is 2.06. The van der Waals surface area contributed by atoms with E-state index in [0.29, 0.717) is 24.2 Å². The van der Waals surface area contributed by atoms with Gasteiger partial charge in [-0.05, 0) is 40.7 Å². The molecule has 0 N–H and O–H groups in total. The van der Waals surface area contributed by atoms with Gasteiger partial charge >= 0.3 is 7.12 Å². The zero-order valence-corrected chi connectivity index (χ0v) is 13.7. The fourth-order valence-corrected chi connectivity index (χ4v) is 2.13. The van der Waals surface area contributed by atoms with Gasteiger partial charge in [0.2, 0.25) is 0 Å². The molecule has 22 heavy (non-hydrogen) atoms. The predicted octanol–water partition coefficient (Wildman–Crippen LogP) is 3.05. The zero-order valence-electron chi connectivity index (χ0n) is 13.7. The summed E-state index contributed by atoms with van der Waals surface area (Å²) in [5.41, 5.74) is -0.277. The highest BCUT2D eigenvalue weighted by Gasteiger charge is 2.53. The SMILES string of the molecule is Cc1nn(CCC#N)cc1C=C(F)B1OC(C)(C)C(C)(C)O1. The number of hydrogen-bond acceptors (Lipinski definition) is 4. The molecule has 118 valence electrons. The predicted molar refractivity (Wildman–Crippen MR) is 82.4 cm³/mol. The van der Waals surface area contributed by atoms with Gasteiger partial charge in [-0.1, -0.05) is 0 Å². The molecule has 2 rings (SSSR count). The third-order valence-electron chi connectivity index (χ3n) is 4.21. The monoisotopic (exact) mass is 305 g/mol. The van der Waals surface area contributed by atoms with Crippen LogP contribution < -0.4 is 0 Å². The minimum absolute atomic E-state index is 0.365. The molecule has 0 spiro atoms. The van der Waals surface area contributed by atoms with Crippen LogP contribution in [-0.4, -0.2) is 28.1 Å². The number of aryl methyl sites for hydroxylation is 2. The molecule has 7 heteroatoms. The lowest BCUT2D eigenvalue weighted by molar-refractivity contribution is 0.00578. The van der Waals surface area contributed by atoms with Crippen LogP contribution in [0.25, 0.3) is 6.08 Å². The van der Waals surface area contributed by atoms with E-state index in [1.165, 1.54) is 6.08 Å². The molecule has 0 unspecified atom stereocenters. The summed E-state index contributed by atoms with van der Waals surface area (Å²) in [5, 5.41) is 12.9. The van der Waals surface area contributed by atoms with Crippen molar-refractivity contribution >= 4 is 13.2 Å². The maximum atomic E-state index is 14.4. The Morgan fingerprint density at radius 3 is 2.55 bits per heavy atom. The van der Waals surface area contributed by atoms with Crippen LogP contribution in [0.3, 0.4) is 0 Å². The van der Waals surface area contributed by atoms with Crippen LogP contribution in [0.15, 0.2) is 11.9 Å². The van der Waals surface area contributed by atoms with Crippen molar-refractivity contribution < 1.29 is 13.7 Å². The summed E-state index contributed by atoms with van der Waals surface area (Å²) in [6.07, 6.45) is 3.47. The van der Waals surface area contributed by atoms with E-state index in [4.69, 9.17) is 14.6 Å². The van der Waals surface area contributed by atoms with Crippen LogP contribution in [0.5, 0.6) is 0 Å². The molecule has 0 amide bonds. The van der Waals surface area contributed by atoms with Crippen molar-refractivity contribution in [2.75, 3.05) is 0 Å². The molecule has 1 aliphatic heterocycles. The maximum absolute atomic E-state index is 14.4. The summed E-state index contributed by atoms with van der Waals surface area (Å²) in [5.74, 6) is 0. The minimum Gasteiger partial charge on any atom is -0.398 e. The molecule has 0 bridgehead atoms. The first-order valence-electron chi connectivity index (χ1n) is 7.30. The quantitative estimate of drug-likeness (QED) is 0.802. The molecule has 0 radical (unpaired) electrons. The molecule has 1 aromatic rings. The molecule has 0 atom stereocenters. The average Bonchev–Trinajstić information content (AvgIpc) is 2.85. The molecule has 5 nitrogen and oxygen atoms in total. The molecule has 0 saturated carbocycles. The van der Waals surface area contributed by atoms with Gasteiger partial charge in [-0.15, -0.1) is 0 Å². The van der Waals surface area contributed by atoms with Crippen molar-refractivity contribution in [3.8, 4) is 6.07 Å². The first-order chi connectivity index (χ1) is 10.2. The van der Waals surface area contributed by atoms with Gasteiger partial charge in [-0.2, -0.15) is 10.4 Å². The van der Waals surface area contributed by atoms with Crippen molar-refractivity contribution in [2.24, 2.45) is 0 Å². The zero-order chi connectivity index (χ0) is 16.5. The van der Waals surface area contributed by atoms with E-state index in [2.05, 4.69) is 11.2 Å². The van der Waals surface area contributed by atoms with Gasteiger partial charge in [-0.3, -0.25) is 4.68 Å². The van der Waals surface area contributed by atoms with Crippen molar-refractivity contribution in [1.82, 2.24) is 9.78 Å². The Morgan fingerprint density at radius 1 is 1.41 bits per heavy atom. The minimum atomic E-state index is -1.01. The number of halogens is 1. The molecule has 1 aliphatic rings. The van der Waals surface area contributed by atoms with E-state index in [9.17, 15) is 4.39 Å². The summed E-state index contributed by atoms with van der Waals surface area (Å²) in [4.78, 5) is 0. The van der Waals surface area contributed by atoms with Gasteiger partial charge in [0.1, 0.15) is 5.73 Å². The van der Waals surface area contributed by atoms with Gasteiger partial charge < -0.3 is 9.31 Å². The molecule has 1 saturated heterocycles. The molecule has 1 fully saturated rings. The second kappa shape index (κ2) is 5.86. The number of aromatic nitrogens is 2. The first kappa shape index (κ1) is 16.7. The summed E-state index contributed by atoms with van der Waals surface area (Å²) in [7, 11) is -1.01. The average molecular weight is 305 g/mol. The Bertz CT molecular complexity index is 615. The second-order valence-electron chi connectivity index (χ2n) is 6.46. The summed E-state index contributed by atoms with van der Waals surface area (Å²) >= 11 is 0. The van der Waals surface area contributed by atoms with Gasteiger partial charge in [0.25, 0.3) is 0 Å². The van der Waals surface area contributed by atoms with Crippen LogP contribution in [0, 0.1) is 18.3 Å². The van der Waals surface area contributed by atoms with E-state index < -0.39 is 24.0 Å². The summed E-state index contributed by atoms with van der Waals surface area (Å²) in [6.45, 7) is 9.81. The largest absolute Gasteiger partial charge is 0.525 e. The van der Waals surface area contributed by atoms with Crippen LogP contribution in [0.1, 0.15) is 45.4 Å². The molecule has 0 aromatic carbocycles. The fourth-order valence-electron chi connectivity index (χ4n) is 2.13. The van der Waals surface area contributed by atoms with E-state index in [1.807, 2.05) is 27.7 Å². The lowest BCUT2D eigenvalue weighted by Gasteiger charge is -2.32. The molecule has 2 heterocycles. The number of hydrogen-bond donors (Lipinski definition) is 0. The Kier molecular flexibility index (Phi) is 4.45. The van der Waals surface area contributed by atoms with Crippen LogP contribution >= 0.6 is 0 Å². The molecular formula is C15H21BFN3O2. The highest BCUT2D eigenvalue weighted by atomic mass is 19.1. The molecular weight excluding hydrogens is 284 g/mol. The maximum Gasteiger partial charge on any atom is 0.525 e. The van der Waals surface area contributed by atoms with Gasteiger partial charge in [-0.25, -0.2) is 4.39 Å². The van der Waals surface area contributed by atoms with Crippen molar-refractivity contribution in [3.05, 3.63) is 23.2 Å². The van der Waals surface area contributed by atoms with E-state index >= 15 is 0 Å². The fraction of sp³-hybridized carbons (Fsp3) is 0.600. The smallest absolute Gasteiger partial charge is 0.398 e. The van der Waals surface area contributed by atoms with E-state index in [1.54, 1.807) is 17.8 Å². The lowest BCUT2D eigenvalue weighted by Crippen LogP contribution is -2.41. The van der Waals surface area contributed by atoms with Crippen molar-refractivity contribution in [3.63, 3.8) is 0 Å². The third kappa shape index (κ3) is 3.23. The standard InChI is InChI=1S/C15H21BFN3O2/c1-11-12(10-20(19-11)8-6-7-18)9-13(17)16-21-14(2,3)15(4,5)22-16/h9-10H,6,8H2,1-5H3. The lowest BCUT2D eigenvalue weighted by atomic mass is 9.87. The first-order valence-corrected chi connectivity index (χ1v) is 7.30. The van der Waals surface area contributed by atoms with Gasteiger partial charge in [0, 0.05) is 11.8 Å². The second-order valence-corrected chi connectivity index (χ2v) is 6.46. The normalized spacial score (nSPS) is 20.2. The van der Waals surface area contributed by atoms with Crippen molar-refractivity contribution in [2.45, 2.75) is 58.8 Å².